The topological polar surface area (TPSA) is 79.4 Å². The maximum atomic E-state index is 13.1. The zero-order valence-corrected chi connectivity index (χ0v) is 20.3. The molecule has 4 rings (SSSR count). The number of fused-ring (bicyclic) bond motifs is 1. The molecule has 4 aromatic rings. The second-order valence-electron chi connectivity index (χ2n) is 6.80. The Balaban J connectivity index is 1.58. The number of thioether (sulfide) groups is 1. The first-order valence-corrected chi connectivity index (χ1v) is 13.2. The van der Waals surface area contributed by atoms with E-state index in [-0.39, 0.29) is 10.5 Å². The van der Waals surface area contributed by atoms with Crippen molar-refractivity contribution >= 4 is 72.2 Å². The number of rotatable bonds is 6. The van der Waals surface area contributed by atoms with Crippen LogP contribution in [0.15, 0.2) is 76.0 Å². The van der Waals surface area contributed by atoms with Gasteiger partial charge in [0, 0.05) is 23.3 Å². The summed E-state index contributed by atoms with van der Waals surface area (Å²) in [5, 5.41) is 3.26. The van der Waals surface area contributed by atoms with Crippen LogP contribution in [0.25, 0.3) is 10.2 Å². The molecule has 0 atom stereocenters. The maximum Gasteiger partial charge on any atom is 0.264 e. The largest absolute Gasteiger partial charge is 0.322 e. The normalized spacial score (nSPS) is 11.5. The van der Waals surface area contributed by atoms with Gasteiger partial charge in [-0.3, -0.25) is 9.10 Å². The van der Waals surface area contributed by atoms with Gasteiger partial charge in [0.25, 0.3) is 15.9 Å². The van der Waals surface area contributed by atoms with Crippen LogP contribution >= 0.6 is 34.7 Å². The van der Waals surface area contributed by atoms with Crippen LogP contribution in [0.1, 0.15) is 10.4 Å². The smallest absolute Gasteiger partial charge is 0.264 e. The van der Waals surface area contributed by atoms with Gasteiger partial charge in [-0.2, -0.15) is 0 Å². The number of carbonyl (C=O) groups excluding carboxylic acids is 1. The molecule has 0 aliphatic rings. The summed E-state index contributed by atoms with van der Waals surface area (Å²) < 4.78 is 29.2. The second kappa shape index (κ2) is 9.11. The highest BCUT2D eigenvalue weighted by Crippen LogP contribution is 2.30. The van der Waals surface area contributed by atoms with E-state index >= 15 is 0 Å². The molecule has 32 heavy (non-hydrogen) atoms. The fraction of sp³-hybridized carbons (Fsp3) is 0.0909. The number of benzene rings is 3. The minimum atomic E-state index is -3.88. The number of amides is 1. The highest BCUT2D eigenvalue weighted by atomic mass is 35.5. The summed E-state index contributed by atoms with van der Waals surface area (Å²) in [6.45, 7) is 0. The predicted molar refractivity (Wildman–Crippen MR) is 133 cm³/mol. The second-order valence-corrected chi connectivity index (χ2v) is 11.3. The van der Waals surface area contributed by atoms with Crippen LogP contribution in [-0.2, 0) is 10.0 Å². The van der Waals surface area contributed by atoms with Gasteiger partial charge in [-0.25, -0.2) is 13.4 Å². The number of aromatic nitrogens is 1. The number of nitrogens with zero attached hydrogens (tertiary/aromatic N) is 2. The summed E-state index contributed by atoms with van der Waals surface area (Å²) in [7, 11) is -2.44. The summed E-state index contributed by atoms with van der Waals surface area (Å²) in [4.78, 5) is 17.3. The molecular weight excluding hydrogens is 486 g/mol. The van der Waals surface area contributed by atoms with Crippen LogP contribution in [0.4, 0.5) is 11.4 Å². The van der Waals surface area contributed by atoms with Crippen LogP contribution < -0.4 is 9.62 Å². The molecule has 0 saturated heterocycles. The molecule has 0 fully saturated rings. The van der Waals surface area contributed by atoms with Gasteiger partial charge in [0.15, 0.2) is 4.34 Å². The Morgan fingerprint density at radius 3 is 2.62 bits per heavy atom. The third kappa shape index (κ3) is 4.61. The average molecular weight is 504 g/mol. The Morgan fingerprint density at radius 2 is 1.88 bits per heavy atom. The van der Waals surface area contributed by atoms with Crippen molar-refractivity contribution in [2.24, 2.45) is 0 Å². The van der Waals surface area contributed by atoms with Crippen molar-refractivity contribution in [2.75, 3.05) is 22.9 Å². The molecule has 164 valence electrons. The van der Waals surface area contributed by atoms with Crippen molar-refractivity contribution in [3.8, 4) is 0 Å². The molecule has 1 amide bonds. The van der Waals surface area contributed by atoms with E-state index in [4.69, 9.17) is 11.6 Å². The van der Waals surface area contributed by atoms with E-state index in [0.717, 1.165) is 18.9 Å². The Morgan fingerprint density at radius 1 is 1.09 bits per heavy atom. The van der Waals surface area contributed by atoms with Gasteiger partial charge in [0.2, 0.25) is 0 Å². The van der Waals surface area contributed by atoms with Gasteiger partial charge in [0.05, 0.1) is 20.8 Å². The summed E-state index contributed by atoms with van der Waals surface area (Å²) in [6, 6.07) is 18.0. The summed E-state index contributed by atoms with van der Waals surface area (Å²) in [5.74, 6) is -0.401. The number of nitrogens with one attached hydrogen (secondary N) is 1. The molecule has 0 saturated carbocycles. The molecule has 1 heterocycles. The van der Waals surface area contributed by atoms with Crippen molar-refractivity contribution < 1.29 is 13.2 Å². The van der Waals surface area contributed by atoms with Crippen molar-refractivity contribution in [1.82, 2.24) is 4.98 Å². The molecule has 3 aromatic carbocycles. The van der Waals surface area contributed by atoms with Crippen molar-refractivity contribution in [3.63, 3.8) is 0 Å². The highest BCUT2D eigenvalue weighted by molar-refractivity contribution is 8.00. The number of carbonyl (C=O) groups is 1. The first-order valence-electron chi connectivity index (χ1n) is 9.38. The standard InChI is InChI=1S/C22H18ClN3O3S3/c1-26(17-7-4-6-15(23)12-17)32(28,29)18-8-3-5-14(11-18)21(27)24-16-9-10-19-20(13-16)31-22(25-19)30-2/h3-13H,1-2H3,(H,24,27). The van der Waals surface area contributed by atoms with Crippen molar-refractivity contribution in [2.45, 2.75) is 9.24 Å². The summed E-state index contributed by atoms with van der Waals surface area (Å²) in [5.41, 5.74) is 2.15. The molecule has 0 bridgehead atoms. The van der Waals surface area contributed by atoms with E-state index in [2.05, 4.69) is 10.3 Å². The quantitative estimate of drug-likeness (QED) is 0.339. The first kappa shape index (κ1) is 22.6. The lowest BCUT2D eigenvalue weighted by atomic mass is 10.2. The van der Waals surface area contributed by atoms with Gasteiger partial charge in [0.1, 0.15) is 0 Å². The van der Waals surface area contributed by atoms with Gasteiger partial charge in [-0.1, -0.05) is 35.5 Å². The average Bonchev–Trinajstić information content (AvgIpc) is 3.21. The Hall–Kier alpha value is -2.59. The SMILES string of the molecule is CSc1nc2ccc(NC(=O)c3cccc(S(=O)(=O)N(C)c4cccc(Cl)c4)c3)cc2s1. The Bertz CT molecular complexity index is 1420. The number of thiazole rings is 1. The molecule has 10 heteroatoms. The predicted octanol–water partition coefficient (Wildman–Crippen LogP) is 5.75. The number of sulfonamides is 1. The molecule has 0 spiro atoms. The molecule has 6 nitrogen and oxygen atoms in total. The zero-order chi connectivity index (χ0) is 22.9. The summed E-state index contributed by atoms with van der Waals surface area (Å²) >= 11 is 9.11. The van der Waals surface area contributed by atoms with E-state index in [9.17, 15) is 13.2 Å². The van der Waals surface area contributed by atoms with Crippen LogP contribution in [0.5, 0.6) is 0 Å². The molecule has 0 radical (unpaired) electrons. The van der Waals surface area contributed by atoms with E-state index in [1.807, 2.05) is 18.4 Å². The number of halogens is 1. The maximum absolute atomic E-state index is 13.1. The van der Waals surface area contributed by atoms with Gasteiger partial charge >= 0.3 is 0 Å². The Kier molecular flexibility index (Phi) is 6.43. The van der Waals surface area contributed by atoms with Crippen molar-refractivity contribution in [1.29, 1.82) is 0 Å². The minimum Gasteiger partial charge on any atom is -0.322 e. The lowest BCUT2D eigenvalue weighted by molar-refractivity contribution is 0.102. The zero-order valence-electron chi connectivity index (χ0n) is 17.1. The van der Waals surface area contributed by atoms with E-state index < -0.39 is 15.9 Å². The minimum absolute atomic E-state index is 0.00940. The van der Waals surface area contributed by atoms with Crippen LogP contribution in [0.3, 0.4) is 0 Å². The molecule has 0 aliphatic carbocycles. The fourth-order valence-corrected chi connectivity index (χ4v) is 5.99. The van der Waals surface area contributed by atoms with Gasteiger partial charge in [-0.15, -0.1) is 11.3 Å². The lowest BCUT2D eigenvalue weighted by Crippen LogP contribution is -2.26. The van der Waals surface area contributed by atoms with E-state index in [1.165, 1.54) is 19.2 Å². The first-order chi connectivity index (χ1) is 15.3. The number of hydrogen-bond donors (Lipinski definition) is 1. The highest BCUT2D eigenvalue weighted by Gasteiger charge is 2.22. The number of anilines is 2. The third-order valence-corrected chi connectivity index (χ3v) is 8.75. The summed E-state index contributed by atoms with van der Waals surface area (Å²) in [6.07, 6.45) is 1.96. The van der Waals surface area contributed by atoms with Crippen LogP contribution in [0.2, 0.25) is 5.02 Å². The van der Waals surface area contributed by atoms with Crippen molar-refractivity contribution in [3.05, 3.63) is 77.3 Å². The van der Waals surface area contributed by atoms with Gasteiger partial charge in [-0.05, 0) is 60.9 Å². The molecule has 0 aliphatic heterocycles. The van der Waals surface area contributed by atoms with Crippen LogP contribution in [0, 0.1) is 0 Å². The number of hydrogen-bond acceptors (Lipinski definition) is 6. The molecule has 0 unspecified atom stereocenters. The third-order valence-electron chi connectivity index (χ3n) is 4.73. The van der Waals surface area contributed by atoms with E-state index in [0.29, 0.717) is 16.4 Å². The molecule has 1 N–H and O–H groups in total. The van der Waals surface area contributed by atoms with Gasteiger partial charge < -0.3 is 5.32 Å². The van der Waals surface area contributed by atoms with E-state index in [1.54, 1.807) is 65.6 Å². The fourth-order valence-electron chi connectivity index (χ4n) is 3.04. The van der Waals surface area contributed by atoms with Crippen LogP contribution in [-0.4, -0.2) is 32.6 Å². The monoisotopic (exact) mass is 503 g/mol. The molecule has 1 aromatic heterocycles. The lowest BCUT2D eigenvalue weighted by Gasteiger charge is -2.20. The molecular formula is C22H18ClN3O3S3. The Labute approximate surface area is 199 Å².